The lowest BCUT2D eigenvalue weighted by Gasteiger charge is -2.36. The quantitative estimate of drug-likeness (QED) is 0.203. The van der Waals surface area contributed by atoms with Crippen LogP contribution in [0.2, 0.25) is 0 Å². The van der Waals surface area contributed by atoms with Gasteiger partial charge in [-0.1, -0.05) is 54.6 Å². The van der Waals surface area contributed by atoms with Gasteiger partial charge in [0, 0.05) is 39.2 Å². The van der Waals surface area contributed by atoms with Gasteiger partial charge in [0.15, 0.2) is 6.16 Å². The molecule has 11 nitrogen and oxygen atoms in total. The molecular formula is C33H40N4O7P+. The Bertz CT molecular complexity index is 1290. The van der Waals surface area contributed by atoms with Gasteiger partial charge in [-0.25, -0.2) is 9.59 Å². The van der Waals surface area contributed by atoms with Crippen LogP contribution in [0.4, 0.5) is 9.59 Å². The fourth-order valence-electron chi connectivity index (χ4n) is 5.40. The molecule has 0 unspecified atom stereocenters. The highest BCUT2D eigenvalue weighted by atomic mass is 31.2. The summed E-state index contributed by atoms with van der Waals surface area (Å²) in [6.45, 7) is 1.54. The highest BCUT2D eigenvalue weighted by molar-refractivity contribution is 7.96. The Kier molecular flexibility index (Phi) is 12.3. The van der Waals surface area contributed by atoms with Crippen LogP contribution in [0.25, 0.3) is 0 Å². The molecule has 238 valence electrons. The molecule has 0 atom stereocenters. The lowest BCUT2D eigenvalue weighted by molar-refractivity contribution is -0.138. The van der Waals surface area contributed by atoms with E-state index in [1.54, 1.807) is 4.90 Å². The maximum Gasteiger partial charge on any atom is 0.404 e. The van der Waals surface area contributed by atoms with Gasteiger partial charge in [0.25, 0.3) is 5.91 Å². The van der Waals surface area contributed by atoms with Crippen molar-refractivity contribution < 1.29 is 33.4 Å². The predicted octanol–water partition coefficient (Wildman–Crippen LogP) is 2.01. The second-order valence-electron chi connectivity index (χ2n) is 10.6. The van der Waals surface area contributed by atoms with Gasteiger partial charge < -0.3 is 35.5 Å². The number of piperazine rings is 1. The normalized spacial score (nSPS) is 13.4. The van der Waals surface area contributed by atoms with E-state index in [-0.39, 0.29) is 38.1 Å². The van der Waals surface area contributed by atoms with Crippen molar-refractivity contribution in [1.82, 2.24) is 9.80 Å². The molecule has 1 aliphatic heterocycles. The minimum Gasteiger partial charge on any atom is -0.447 e. The predicted molar refractivity (Wildman–Crippen MR) is 173 cm³/mol. The molecule has 0 radical (unpaired) electrons. The number of rotatable bonds is 14. The van der Waals surface area contributed by atoms with E-state index in [2.05, 4.69) is 36.4 Å². The summed E-state index contributed by atoms with van der Waals surface area (Å²) in [5.74, 6) is 0.0338. The maximum atomic E-state index is 14.0. The van der Waals surface area contributed by atoms with Crippen molar-refractivity contribution in [2.45, 2.75) is 18.9 Å². The number of hydrogen-bond donors (Lipinski definition) is 2. The Hall–Kier alpha value is -4.47. The van der Waals surface area contributed by atoms with Crippen LogP contribution in [0.3, 0.4) is 0 Å². The molecule has 0 saturated carbocycles. The third-order valence-corrected chi connectivity index (χ3v) is 11.9. The van der Waals surface area contributed by atoms with Gasteiger partial charge >= 0.3 is 12.2 Å². The summed E-state index contributed by atoms with van der Waals surface area (Å²) in [4.78, 5) is 52.4. The van der Waals surface area contributed by atoms with Gasteiger partial charge in [0.1, 0.15) is 42.5 Å². The zero-order valence-corrected chi connectivity index (χ0v) is 26.1. The van der Waals surface area contributed by atoms with Crippen molar-refractivity contribution in [2.75, 3.05) is 52.2 Å². The topological polar surface area (TPSA) is 154 Å². The van der Waals surface area contributed by atoms with Crippen LogP contribution in [0.5, 0.6) is 0 Å². The second kappa shape index (κ2) is 16.6. The molecule has 0 bridgehead atoms. The third-order valence-electron chi connectivity index (χ3n) is 7.66. The summed E-state index contributed by atoms with van der Waals surface area (Å²) in [5.41, 5.74) is 9.98. The van der Waals surface area contributed by atoms with Gasteiger partial charge in [-0.15, -0.1) is 0 Å². The smallest absolute Gasteiger partial charge is 0.404 e. The SMILES string of the molecule is NC(=O)OCC(COC(N)=O)OCCCC(=O)N1CCN(C(=O)C[P+](c2ccccc2)(c2ccccc2)c2ccccc2)CC1. The molecule has 1 fully saturated rings. The highest BCUT2D eigenvalue weighted by Gasteiger charge is 2.48. The highest BCUT2D eigenvalue weighted by Crippen LogP contribution is 2.55. The van der Waals surface area contributed by atoms with Crippen LogP contribution in [0.1, 0.15) is 12.8 Å². The van der Waals surface area contributed by atoms with Gasteiger partial charge in [-0.2, -0.15) is 0 Å². The third kappa shape index (κ3) is 9.26. The number of nitrogens with zero attached hydrogens (tertiary/aromatic N) is 2. The minimum atomic E-state index is -2.31. The second-order valence-corrected chi connectivity index (χ2v) is 14.1. The van der Waals surface area contributed by atoms with Crippen LogP contribution in [0.15, 0.2) is 91.0 Å². The first-order valence-corrected chi connectivity index (χ1v) is 16.8. The van der Waals surface area contributed by atoms with E-state index in [1.807, 2.05) is 59.5 Å². The lowest BCUT2D eigenvalue weighted by atomic mass is 10.2. The van der Waals surface area contributed by atoms with Crippen molar-refractivity contribution in [3.8, 4) is 0 Å². The average Bonchev–Trinajstić information content (AvgIpc) is 3.07. The fraction of sp³-hybridized carbons (Fsp3) is 0.333. The van der Waals surface area contributed by atoms with E-state index >= 15 is 0 Å². The Morgan fingerprint density at radius 1 is 0.644 bits per heavy atom. The van der Waals surface area contributed by atoms with E-state index in [0.717, 1.165) is 15.9 Å². The molecule has 45 heavy (non-hydrogen) atoms. The molecule has 4 amide bonds. The van der Waals surface area contributed by atoms with Crippen LogP contribution in [-0.4, -0.2) is 92.1 Å². The summed E-state index contributed by atoms with van der Waals surface area (Å²) >= 11 is 0. The monoisotopic (exact) mass is 635 g/mol. The first-order valence-electron chi connectivity index (χ1n) is 14.9. The zero-order valence-electron chi connectivity index (χ0n) is 25.2. The molecule has 4 N–H and O–H groups in total. The van der Waals surface area contributed by atoms with E-state index in [1.165, 1.54) is 0 Å². The fourth-order valence-corrected chi connectivity index (χ4v) is 9.49. The summed E-state index contributed by atoms with van der Waals surface area (Å²) < 4.78 is 15.0. The number of hydrogen-bond acceptors (Lipinski definition) is 7. The minimum absolute atomic E-state index is 0.0382. The van der Waals surface area contributed by atoms with Crippen molar-refractivity contribution in [3.63, 3.8) is 0 Å². The number of ether oxygens (including phenoxy) is 3. The summed E-state index contributed by atoms with van der Waals surface area (Å²) in [6, 6.07) is 30.9. The van der Waals surface area contributed by atoms with Crippen molar-refractivity contribution in [3.05, 3.63) is 91.0 Å². The van der Waals surface area contributed by atoms with E-state index in [9.17, 15) is 19.2 Å². The molecule has 4 rings (SSSR count). The molecular weight excluding hydrogens is 595 g/mol. The number of carbonyl (C=O) groups excluding carboxylic acids is 4. The lowest BCUT2D eigenvalue weighted by Crippen LogP contribution is -2.52. The molecule has 1 heterocycles. The maximum absolute atomic E-state index is 14.0. The average molecular weight is 636 g/mol. The number of benzene rings is 3. The Balaban J connectivity index is 1.36. The molecule has 3 aromatic carbocycles. The molecule has 1 aliphatic rings. The van der Waals surface area contributed by atoms with E-state index < -0.39 is 25.6 Å². The Morgan fingerprint density at radius 3 is 1.44 bits per heavy atom. The van der Waals surface area contributed by atoms with Gasteiger partial charge in [0.05, 0.1) is 0 Å². The Labute approximate surface area is 263 Å². The molecule has 12 heteroatoms. The molecule has 1 saturated heterocycles. The molecule has 0 spiro atoms. The number of amides is 4. The number of primary amides is 2. The number of nitrogens with two attached hydrogens (primary N) is 2. The van der Waals surface area contributed by atoms with Gasteiger partial charge in [0.2, 0.25) is 5.91 Å². The summed E-state index contributed by atoms with van der Waals surface area (Å²) in [6.07, 6.45) is -1.73. The number of carbonyl (C=O) groups is 4. The van der Waals surface area contributed by atoms with Crippen molar-refractivity contribution in [1.29, 1.82) is 0 Å². The van der Waals surface area contributed by atoms with Crippen LogP contribution >= 0.6 is 7.26 Å². The van der Waals surface area contributed by atoms with Crippen LogP contribution < -0.4 is 27.4 Å². The first-order chi connectivity index (χ1) is 21.8. The summed E-state index contributed by atoms with van der Waals surface area (Å²) in [5, 5.41) is 3.45. The Morgan fingerprint density at radius 2 is 1.04 bits per heavy atom. The van der Waals surface area contributed by atoms with Crippen molar-refractivity contribution in [2.24, 2.45) is 11.5 Å². The van der Waals surface area contributed by atoms with Gasteiger partial charge in [-0.05, 0) is 42.8 Å². The van der Waals surface area contributed by atoms with Crippen LogP contribution in [-0.2, 0) is 23.8 Å². The largest absolute Gasteiger partial charge is 0.447 e. The molecule has 0 aliphatic carbocycles. The first kappa shape index (κ1) is 33.4. The standard InChI is InChI=1S/C33H39N4O7P/c34-32(40)43-23-26(24-44-33(35)41)42-22-10-17-30(38)36-18-20-37(21-19-36)31(39)25-45(27-11-4-1-5-12-27,28-13-6-2-7-14-28)29-15-8-3-9-16-29/h1-9,11-16,26H,10,17-25H2,(H3-,34,35,40,41)/p+1. The zero-order chi connectivity index (χ0) is 32.1. The summed E-state index contributed by atoms with van der Waals surface area (Å²) in [7, 11) is -2.31. The van der Waals surface area contributed by atoms with E-state index in [0.29, 0.717) is 38.8 Å². The van der Waals surface area contributed by atoms with Crippen LogP contribution in [0, 0.1) is 0 Å². The van der Waals surface area contributed by atoms with Crippen molar-refractivity contribution >= 4 is 47.2 Å². The molecule has 0 aromatic heterocycles. The van der Waals surface area contributed by atoms with E-state index in [4.69, 9.17) is 25.7 Å². The molecule has 3 aromatic rings. The van der Waals surface area contributed by atoms with Gasteiger partial charge in [-0.3, -0.25) is 9.59 Å².